The van der Waals surface area contributed by atoms with Crippen molar-refractivity contribution in [1.29, 1.82) is 0 Å². The minimum absolute atomic E-state index is 0.135. The fourth-order valence-corrected chi connectivity index (χ4v) is 2.64. The maximum absolute atomic E-state index is 13.6. The largest absolute Gasteiger partial charge is 0.464 e. The van der Waals surface area contributed by atoms with Gasteiger partial charge < -0.3 is 9.72 Å². The third-order valence-electron chi connectivity index (χ3n) is 3.68. The molecule has 3 rings (SSSR count). The highest BCUT2D eigenvalue weighted by molar-refractivity contribution is 5.98. The normalized spacial score (nSPS) is 11.4. The summed E-state index contributed by atoms with van der Waals surface area (Å²) in [6.45, 7) is 0. The SMILES string of the molecule is COC(=O)c1[nH]c(C(F)(F)F)c(-[n+]2ccccc2)c1-c1ccccc1. The molecule has 4 nitrogen and oxygen atoms in total. The van der Waals surface area contributed by atoms with E-state index in [0.717, 1.165) is 7.11 Å². The average Bonchev–Trinajstić information content (AvgIpc) is 3.03. The van der Waals surface area contributed by atoms with Crippen molar-refractivity contribution in [1.82, 2.24) is 4.98 Å². The molecule has 0 spiro atoms. The van der Waals surface area contributed by atoms with E-state index < -0.39 is 17.8 Å². The number of nitrogens with one attached hydrogen (secondary N) is 1. The predicted octanol–water partition coefficient (Wildman–Crippen LogP) is 3.76. The smallest absolute Gasteiger partial charge is 0.437 e. The highest BCUT2D eigenvalue weighted by atomic mass is 19.4. The Morgan fingerprint density at radius 1 is 1.04 bits per heavy atom. The van der Waals surface area contributed by atoms with Crippen molar-refractivity contribution in [3.8, 4) is 16.8 Å². The van der Waals surface area contributed by atoms with Crippen molar-refractivity contribution in [2.75, 3.05) is 7.11 Å². The number of methoxy groups -OCH3 is 1. The zero-order valence-electron chi connectivity index (χ0n) is 13.2. The van der Waals surface area contributed by atoms with Crippen molar-refractivity contribution in [3.63, 3.8) is 0 Å². The molecule has 3 aromatic rings. The molecule has 25 heavy (non-hydrogen) atoms. The molecule has 0 saturated carbocycles. The van der Waals surface area contributed by atoms with Crippen molar-refractivity contribution >= 4 is 5.97 Å². The summed E-state index contributed by atoms with van der Waals surface area (Å²) in [6.07, 6.45) is -1.69. The number of carbonyl (C=O) groups excluding carboxylic acids is 1. The van der Waals surface area contributed by atoms with E-state index in [1.807, 2.05) is 0 Å². The van der Waals surface area contributed by atoms with Crippen molar-refractivity contribution in [2.45, 2.75) is 6.18 Å². The molecule has 0 amide bonds. The van der Waals surface area contributed by atoms with E-state index in [0.29, 0.717) is 5.56 Å². The van der Waals surface area contributed by atoms with E-state index >= 15 is 0 Å². The molecule has 128 valence electrons. The van der Waals surface area contributed by atoms with Gasteiger partial charge in [-0.15, -0.1) is 0 Å². The molecule has 2 heterocycles. The number of esters is 1. The number of ether oxygens (including phenoxy) is 1. The van der Waals surface area contributed by atoms with Gasteiger partial charge in [-0.1, -0.05) is 36.4 Å². The summed E-state index contributed by atoms with van der Waals surface area (Å²) < 4.78 is 46.8. The average molecular weight is 347 g/mol. The van der Waals surface area contributed by atoms with Crippen LogP contribution in [0.5, 0.6) is 0 Å². The molecule has 1 aromatic carbocycles. The fraction of sp³-hybridized carbons (Fsp3) is 0.111. The second kappa shape index (κ2) is 6.43. The van der Waals surface area contributed by atoms with Crippen LogP contribution in [-0.2, 0) is 10.9 Å². The molecule has 0 aliphatic carbocycles. The second-order valence-electron chi connectivity index (χ2n) is 5.24. The molecular weight excluding hydrogens is 333 g/mol. The molecule has 0 saturated heterocycles. The van der Waals surface area contributed by atoms with Gasteiger partial charge in [0.15, 0.2) is 18.1 Å². The molecule has 0 aliphatic rings. The quantitative estimate of drug-likeness (QED) is 0.579. The highest BCUT2D eigenvalue weighted by Gasteiger charge is 2.44. The molecule has 0 radical (unpaired) electrons. The standard InChI is InChI=1S/C18H13F3N2O2/c1-25-17(24)14-13(12-8-4-2-5-9-12)15(16(22-14)18(19,20)21)23-10-6-3-7-11-23/h2-11H,1H3/p+1. The van der Waals surface area contributed by atoms with Gasteiger partial charge in [-0.3, -0.25) is 0 Å². The molecule has 0 atom stereocenters. The van der Waals surface area contributed by atoms with Gasteiger partial charge in [-0.25, -0.2) is 4.79 Å². The molecule has 7 heteroatoms. The summed E-state index contributed by atoms with van der Waals surface area (Å²) in [7, 11) is 1.13. The first-order valence-corrected chi connectivity index (χ1v) is 7.37. The van der Waals surface area contributed by atoms with Gasteiger partial charge in [0.25, 0.3) is 0 Å². The first-order chi connectivity index (χ1) is 11.9. The van der Waals surface area contributed by atoms with E-state index in [-0.39, 0.29) is 16.9 Å². The lowest BCUT2D eigenvalue weighted by Gasteiger charge is -2.06. The van der Waals surface area contributed by atoms with Crippen LogP contribution < -0.4 is 4.57 Å². The van der Waals surface area contributed by atoms with Gasteiger partial charge in [-0.2, -0.15) is 17.7 Å². The first-order valence-electron chi connectivity index (χ1n) is 7.37. The summed E-state index contributed by atoms with van der Waals surface area (Å²) in [5.74, 6) is -0.868. The lowest BCUT2D eigenvalue weighted by molar-refractivity contribution is -0.596. The lowest BCUT2D eigenvalue weighted by Crippen LogP contribution is -2.32. The number of benzene rings is 1. The molecule has 0 bridgehead atoms. The number of halogens is 3. The van der Waals surface area contributed by atoms with Gasteiger partial charge in [0.1, 0.15) is 5.69 Å². The number of nitrogens with zero attached hydrogens (tertiary/aromatic N) is 1. The summed E-state index contributed by atoms with van der Waals surface area (Å²) in [6, 6.07) is 13.3. The zero-order chi connectivity index (χ0) is 18.0. The monoisotopic (exact) mass is 347 g/mol. The Bertz CT molecular complexity index is 888. The van der Waals surface area contributed by atoms with Crippen LogP contribution in [-0.4, -0.2) is 18.1 Å². The fourth-order valence-electron chi connectivity index (χ4n) is 2.64. The number of aromatic amines is 1. The Balaban J connectivity index is 2.41. The molecular formula is C18H14F3N2O2+. The Morgan fingerprint density at radius 2 is 1.64 bits per heavy atom. The van der Waals surface area contributed by atoms with Gasteiger partial charge in [0.2, 0.25) is 5.69 Å². The third kappa shape index (κ3) is 3.13. The molecule has 0 unspecified atom stereocenters. The van der Waals surface area contributed by atoms with Crippen LogP contribution in [0.1, 0.15) is 16.2 Å². The Morgan fingerprint density at radius 3 is 2.20 bits per heavy atom. The van der Waals surface area contributed by atoms with Crippen molar-refractivity contribution in [3.05, 3.63) is 72.3 Å². The number of hydrogen-bond acceptors (Lipinski definition) is 2. The lowest BCUT2D eigenvalue weighted by atomic mass is 10.0. The number of hydrogen-bond donors (Lipinski definition) is 1. The van der Waals surface area contributed by atoms with Crippen LogP contribution in [0.3, 0.4) is 0 Å². The van der Waals surface area contributed by atoms with Crippen LogP contribution in [0, 0.1) is 0 Å². The van der Waals surface area contributed by atoms with Crippen LogP contribution in [0.4, 0.5) is 13.2 Å². The number of rotatable bonds is 3. The van der Waals surface area contributed by atoms with E-state index in [4.69, 9.17) is 0 Å². The van der Waals surface area contributed by atoms with Crippen LogP contribution in [0.25, 0.3) is 16.8 Å². The maximum atomic E-state index is 13.6. The zero-order valence-corrected chi connectivity index (χ0v) is 13.2. The number of pyridine rings is 1. The minimum Gasteiger partial charge on any atom is -0.464 e. The second-order valence-corrected chi connectivity index (χ2v) is 5.24. The van der Waals surface area contributed by atoms with E-state index in [1.165, 1.54) is 17.0 Å². The molecule has 2 aromatic heterocycles. The molecule has 1 N–H and O–H groups in total. The topological polar surface area (TPSA) is 46.0 Å². The van der Waals surface area contributed by atoms with Gasteiger partial charge in [0, 0.05) is 12.1 Å². The highest BCUT2D eigenvalue weighted by Crippen LogP contribution is 2.39. The molecule has 0 aliphatic heterocycles. The number of carbonyl (C=O) groups is 1. The Hall–Kier alpha value is -3.09. The third-order valence-corrected chi connectivity index (χ3v) is 3.68. The van der Waals surface area contributed by atoms with E-state index in [9.17, 15) is 18.0 Å². The summed E-state index contributed by atoms with van der Waals surface area (Å²) >= 11 is 0. The minimum atomic E-state index is -4.67. The van der Waals surface area contributed by atoms with E-state index in [2.05, 4.69) is 9.72 Å². The van der Waals surface area contributed by atoms with Gasteiger partial charge in [-0.05, 0) is 5.56 Å². The summed E-state index contributed by atoms with van der Waals surface area (Å²) in [4.78, 5) is 14.3. The van der Waals surface area contributed by atoms with E-state index in [1.54, 1.807) is 48.5 Å². The van der Waals surface area contributed by atoms with Crippen molar-refractivity contribution < 1.29 is 27.3 Å². The molecule has 0 fully saturated rings. The van der Waals surface area contributed by atoms with Crippen LogP contribution in [0.2, 0.25) is 0 Å². The number of H-pyrrole nitrogens is 1. The van der Waals surface area contributed by atoms with Crippen LogP contribution in [0.15, 0.2) is 60.9 Å². The van der Waals surface area contributed by atoms with Crippen LogP contribution >= 0.6 is 0 Å². The van der Waals surface area contributed by atoms with Gasteiger partial charge in [0.05, 0.1) is 12.7 Å². The maximum Gasteiger partial charge on any atom is 0.437 e. The Labute approximate surface area is 141 Å². The van der Waals surface area contributed by atoms with Crippen molar-refractivity contribution in [2.24, 2.45) is 0 Å². The Kier molecular flexibility index (Phi) is 4.31. The number of aromatic nitrogens is 2. The summed E-state index contributed by atoms with van der Waals surface area (Å²) in [5, 5.41) is 0. The first kappa shape index (κ1) is 16.8. The van der Waals surface area contributed by atoms with Gasteiger partial charge >= 0.3 is 12.1 Å². The summed E-state index contributed by atoms with van der Waals surface area (Å²) in [5.41, 5.74) is -0.799. The predicted molar refractivity (Wildman–Crippen MR) is 84.1 cm³/mol. The number of alkyl halides is 3.